The van der Waals surface area contributed by atoms with E-state index in [1.807, 2.05) is 12.1 Å². The number of aliphatic hydroxyl groups excluding tert-OH is 1. The Morgan fingerprint density at radius 2 is 1.69 bits per heavy atom. The Morgan fingerprint density at radius 1 is 1.07 bits per heavy atom. The lowest BCUT2D eigenvalue weighted by atomic mass is 9.60. The third-order valence-electron chi connectivity index (χ3n) is 9.33. The van der Waals surface area contributed by atoms with E-state index in [1.54, 1.807) is 22.1 Å². The van der Waals surface area contributed by atoms with Crippen LogP contribution in [0.1, 0.15) is 45.1 Å². The molecule has 3 fully saturated rings. The predicted molar refractivity (Wildman–Crippen MR) is 160 cm³/mol. The van der Waals surface area contributed by atoms with Crippen molar-refractivity contribution in [1.29, 1.82) is 0 Å². The first kappa shape index (κ1) is 30.1. The summed E-state index contributed by atoms with van der Waals surface area (Å²) in [7, 11) is 0. The minimum atomic E-state index is -1.35. The first-order valence-electron chi connectivity index (χ1n) is 14.9. The second kappa shape index (κ2) is 12.1. The molecule has 3 heterocycles. The number of amides is 3. The molecule has 0 bridgehead atoms. The zero-order chi connectivity index (χ0) is 30.1. The van der Waals surface area contributed by atoms with E-state index >= 15 is 0 Å². The fourth-order valence-corrected chi connectivity index (χ4v) is 6.56. The summed E-state index contributed by atoms with van der Waals surface area (Å²) in [5.74, 6) is -0.195. The summed E-state index contributed by atoms with van der Waals surface area (Å²) >= 11 is 0. The normalized spacial score (nSPS) is 21.5. The van der Waals surface area contributed by atoms with Gasteiger partial charge in [-0.2, -0.15) is 4.98 Å². The molecular weight excluding hydrogens is 536 g/mol. The number of aromatic nitrogens is 2. The molecule has 5 rings (SSSR count). The Labute approximate surface area is 246 Å². The van der Waals surface area contributed by atoms with Gasteiger partial charge in [0.05, 0.1) is 12.3 Å². The highest BCUT2D eigenvalue weighted by Crippen LogP contribution is 2.48. The third kappa shape index (κ3) is 6.51. The molecule has 3 aliphatic rings. The Bertz CT molecular complexity index is 1320. The van der Waals surface area contributed by atoms with Crippen molar-refractivity contribution in [2.24, 2.45) is 16.9 Å². The van der Waals surface area contributed by atoms with Gasteiger partial charge in [0.15, 0.2) is 0 Å². The Hall–Kier alpha value is -3.32. The number of anilines is 1. The minimum Gasteiger partial charge on any atom is -0.394 e. The molecule has 12 nitrogen and oxygen atoms in total. The third-order valence-corrected chi connectivity index (χ3v) is 9.33. The number of piperazine rings is 1. The molecule has 2 aliphatic heterocycles. The second-order valence-electron chi connectivity index (χ2n) is 12.7. The lowest BCUT2D eigenvalue weighted by molar-refractivity contribution is -0.139. The van der Waals surface area contributed by atoms with Crippen molar-refractivity contribution in [3.05, 3.63) is 52.6 Å². The quantitative estimate of drug-likeness (QED) is 0.373. The van der Waals surface area contributed by atoms with Crippen LogP contribution >= 0.6 is 0 Å². The molecule has 42 heavy (non-hydrogen) atoms. The fourth-order valence-electron chi connectivity index (χ4n) is 6.56. The molecule has 1 saturated carbocycles. The van der Waals surface area contributed by atoms with Gasteiger partial charge in [0.1, 0.15) is 11.4 Å². The van der Waals surface area contributed by atoms with Crippen LogP contribution in [0, 0.1) is 5.41 Å². The van der Waals surface area contributed by atoms with E-state index in [4.69, 9.17) is 11.5 Å². The van der Waals surface area contributed by atoms with E-state index in [2.05, 4.69) is 34.3 Å². The van der Waals surface area contributed by atoms with E-state index in [0.29, 0.717) is 49.4 Å². The van der Waals surface area contributed by atoms with Gasteiger partial charge >= 0.3 is 11.7 Å². The van der Waals surface area contributed by atoms with Crippen molar-refractivity contribution >= 4 is 17.8 Å². The number of likely N-dealkylation sites (tertiary alicyclic amines) is 1. The molecule has 3 amide bonds. The number of nitrogens with zero attached hydrogens (tertiary/aromatic N) is 5. The van der Waals surface area contributed by atoms with Gasteiger partial charge < -0.3 is 31.3 Å². The molecule has 1 aliphatic carbocycles. The number of benzene rings is 1. The van der Waals surface area contributed by atoms with Crippen molar-refractivity contribution in [3.63, 3.8) is 0 Å². The number of piperidine rings is 1. The Morgan fingerprint density at radius 3 is 2.26 bits per heavy atom. The summed E-state index contributed by atoms with van der Waals surface area (Å²) in [6.45, 7) is 6.77. The van der Waals surface area contributed by atoms with Crippen LogP contribution in [0.4, 0.5) is 10.6 Å². The molecule has 6 N–H and O–H groups in total. The van der Waals surface area contributed by atoms with Crippen molar-refractivity contribution < 1.29 is 14.7 Å². The topological polar surface area (TPSA) is 163 Å². The predicted octanol–water partition coefficient (Wildman–Crippen LogP) is 0.753. The van der Waals surface area contributed by atoms with Crippen LogP contribution in [0.2, 0.25) is 0 Å². The molecule has 1 spiro atoms. The molecule has 12 heteroatoms. The maximum atomic E-state index is 12.8. The molecule has 228 valence electrons. The molecule has 0 radical (unpaired) electrons. The van der Waals surface area contributed by atoms with Crippen LogP contribution in [0.5, 0.6) is 0 Å². The average molecular weight is 581 g/mol. The van der Waals surface area contributed by atoms with Crippen molar-refractivity contribution in [2.45, 2.75) is 63.6 Å². The lowest BCUT2D eigenvalue weighted by Crippen LogP contribution is -2.60. The highest BCUT2D eigenvalue weighted by atomic mass is 16.3. The van der Waals surface area contributed by atoms with E-state index in [-0.39, 0.29) is 11.7 Å². The van der Waals surface area contributed by atoms with Gasteiger partial charge in [-0.05, 0) is 88.2 Å². The van der Waals surface area contributed by atoms with Gasteiger partial charge in [-0.3, -0.25) is 14.7 Å². The fraction of sp³-hybridized carbons (Fsp3) is 0.600. The number of hydrogen-bond donors (Lipinski definition) is 4. The van der Waals surface area contributed by atoms with E-state index in [9.17, 15) is 19.5 Å². The molecule has 2 saturated heterocycles. The zero-order valence-corrected chi connectivity index (χ0v) is 24.7. The van der Waals surface area contributed by atoms with Gasteiger partial charge in [-0.15, -0.1) is 0 Å². The number of nitrogens with one attached hydrogen (secondary N) is 1. The van der Waals surface area contributed by atoms with Gasteiger partial charge in [0.2, 0.25) is 5.91 Å². The number of hydrogen-bond acceptors (Lipinski definition) is 8. The van der Waals surface area contributed by atoms with Crippen molar-refractivity contribution in [3.8, 4) is 5.69 Å². The van der Waals surface area contributed by atoms with Gasteiger partial charge in [-0.1, -0.05) is 12.1 Å². The SMILES string of the molecule is CC(Cc1ccc(-n2ccc(NC(=O)N3CCN(C(=O)[C@@](C)(N)CO)CC3)nc2=O)cc1)N1CCC2(CC1)CC(N)C2. The molecule has 2 atom stereocenters. The first-order chi connectivity index (χ1) is 20.0. The lowest BCUT2D eigenvalue weighted by Gasteiger charge is -2.52. The zero-order valence-electron chi connectivity index (χ0n) is 24.7. The van der Waals surface area contributed by atoms with Crippen LogP contribution < -0.4 is 22.5 Å². The summed E-state index contributed by atoms with van der Waals surface area (Å²) < 4.78 is 1.45. The van der Waals surface area contributed by atoms with Crippen LogP contribution in [0.25, 0.3) is 5.69 Å². The summed E-state index contributed by atoms with van der Waals surface area (Å²) in [5, 5.41) is 12.0. The summed E-state index contributed by atoms with van der Waals surface area (Å²) in [4.78, 5) is 47.7. The first-order valence-corrected chi connectivity index (χ1v) is 14.9. The highest BCUT2D eigenvalue weighted by molar-refractivity contribution is 5.89. The van der Waals surface area contributed by atoms with Gasteiger partial charge in [-0.25, -0.2) is 9.59 Å². The van der Waals surface area contributed by atoms with Gasteiger partial charge in [0.25, 0.3) is 0 Å². The number of aliphatic hydroxyl groups is 1. The van der Waals surface area contributed by atoms with E-state index in [0.717, 1.165) is 19.5 Å². The average Bonchev–Trinajstić information content (AvgIpc) is 2.97. The van der Waals surface area contributed by atoms with Crippen LogP contribution in [0.3, 0.4) is 0 Å². The van der Waals surface area contributed by atoms with Crippen molar-refractivity contribution in [1.82, 2.24) is 24.3 Å². The molecule has 1 unspecified atom stereocenters. The number of nitrogens with two attached hydrogens (primary N) is 2. The number of carbonyl (C=O) groups is 2. The van der Waals surface area contributed by atoms with Gasteiger partial charge in [0, 0.05) is 44.5 Å². The smallest absolute Gasteiger partial charge is 0.354 e. The van der Waals surface area contributed by atoms with E-state index in [1.165, 1.54) is 42.7 Å². The molecule has 1 aromatic heterocycles. The van der Waals surface area contributed by atoms with Crippen LogP contribution in [-0.2, 0) is 11.2 Å². The monoisotopic (exact) mass is 580 g/mol. The number of urea groups is 1. The molecular formula is C30H44N8O4. The summed E-state index contributed by atoms with van der Waals surface area (Å²) in [5.41, 5.74) is 12.5. The van der Waals surface area contributed by atoms with Crippen LogP contribution in [0.15, 0.2) is 41.3 Å². The van der Waals surface area contributed by atoms with Crippen LogP contribution in [-0.4, -0.2) is 105 Å². The second-order valence-corrected chi connectivity index (χ2v) is 12.7. The minimum absolute atomic E-state index is 0.159. The largest absolute Gasteiger partial charge is 0.394 e. The number of carbonyl (C=O) groups excluding carboxylic acids is 2. The van der Waals surface area contributed by atoms with E-state index < -0.39 is 23.9 Å². The molecule has 2 aromatic rings. The maximum absolute atomic E-state index is 12.8. The highest BCUT2D eigenvalue weighted by Gasteiger charge is 2.44. The molecule has 1 aromatic carbocycles. The standard InChI is InChI=1S/C30H44N8O4/c1-21(35-11-8-30(9-12-35)18-23(31)19-30)17-22-3-5-24(6-4-22)38-10-7-25(34-28(38)42)33-27(41)37-15-13-36(14-16-37)26(40)29(2,32)20-39/h3-7,10,21,23,39H,8-9,11-20,31-32H2,1-2H3,(H,33,34,41,42)/t21?,29-/m0/s1. The summed E-state index contributed by atoms with van der Waals surface area (Å²) in [6.07, 6.45) is 7.40. The Kier molecular flexibility index (Phi) is 8.70. The maximum Gasteiger partial charge on any atom is 0.354 e. The number of rotatable bonds is 7. The van der Waals surface area contributed by atoms with Crippen molar-refractivity contribution in [2.75, 3.05) is 51.2 Å². The Balaban J connectivity index is 1.12. The summed E-state index contributed by atoms with van der Waals surface area (Å²) in [6, 6.07) is 10.0.